The second-order valence-corrected chi connectivity index (χ2v) is 11.8. The largest absolute Gasteiger partial charge is 0.457 e. The van der Waals surface area contributed by atoms with Crippen molar-refractivity contribution < 1.29 is 4.74 Å². The van der Waals surface area contributed by atoms with Crippen LogP contribution in [0.2, 0.25) is 0 Å². The van der Waals surface area contributed by atoms with Gasteiger partial charge in [-0.3, -0.25) is 4.98 Å². The lowest BCUT2D eigenvalue weighted by molar-refractivity contribution is 0.484. The molecule has 0 N–H and O–H groups in total. The number of fused-ring (bicyclic) bond motifs is 6. The molecule has 184 valence electrons. The summed E-state index contributed by atoms with van der Waals surface area (Å²) in [6, 6.07) is 46.9. The molecule has 0 aliphatic heterocycles. The monoisotopic (exact) mass is 518 g/mol. The molecule has 4 heteroatoms. The van der Waals surface area contributed by atoms with Crippen molar-refractivity contribution in [2.45, 2.75) is 0 Å². The number of nitrogens with zero attached hydrogens (tertiary/aromatic N) is 2. The summed E-state index contributed by atoms with van der Waals surface area (Å²) in [5.74, 6) is 1.66. The Balaban J connectivity index is 1.29. The molecular weight excluding hydrogens is 495 g/mol. The Morgan fingerprint density at radius 2 is 1.18 bits per heavy atom. The minimum atomic E-state index is -0.736. The Hall–Kier alpha value is -4.85. The van der Waals surface area contributed by atoms with E-state index in [-0.39, 0.29) is 0 Å². The van der Waals surface area contributed by atoms with E-state index in [0.29, 0.717) is 0 Å². The normalized spacial score (nSPS) is 12.1. The zero-order valence-corrected chi connectivity index (χ0v) is 21.9. The summed E-state index contributed by atoms with van der Waals surface area (Å²) < 4.78 is 8.87. The number of hydrogen-bond donors (Lipinski definition) is 0. The Morgan fingerprint density at radius 1 is 0.513 bits per heavy atom. The van der Waals surface area contributed by atoms with Gasteiger partial charge in [0.15, 0.2) is 0 Å². The molecule has 39 heavy (non-hydrogen) atoms. The number of benzene rings is 5. The standard InChI is InChI=1S/C35H23N2OP/c1-2-10-24(11-3-1)37-31-14-6-4-12-27(31)28-19-17-25(22-32(28)37)38-26-18-20-30-29-13-5-7-15-33(29)39(34(30)23-26)35-16-8-9-21-36-35/h1-23H. The quantitative estimate of drug-likeness (QED) is 0.232. The van der Waals surface area contributed by atoms with Gasteiger partial charge in [-0.2, -0.15) is 0 Å². The molecule has 0 aliphatic carbocycles. The number of aromatic nitrogens is 2. The first-order valence-corrected chi connectivity index (χ1v) is 14.4. The predicted octanol–water partition coefficient (Wildman–Crippen LogP) is 10.3. The van der Waals surface area contributed by atoms with Gasteiger partial charge in [-0.1, -0.05) is 68.2 Å². The molecule has 0 spiro atoms. The van der Waals surface area contributed by atoms with Crippen LogP contribution in [0.5, 0.6) is 11.5 Å². The van der Waals surface area contributed by atoms with Gasteiger partial charge in [0.1, 0.15) is 11.5 Å². The van der Waals surface area contributed by atoms with Gasteiger partial charge in [-0.15, -0.1) is 0 Å². The van der Waals surface area contributed by atoms with Crippen LogP contribution in [0, 0.1) is 0 Å². The van der Waals surface area contributed by atoms with Gasteiger partial charge in [-0.05, 0) is 77.5 Å². The fraction of sp³-hybridized carbons (Fsp3) is 0. The molecule has 8 aromatic rings. The Bertz CT molecular complexity index is 1990. The van der Waals surface area contributed by atoms with E-state index in [9.17, 15) is 0 Å². The zero-order valence-electron chi connectivity index (χ0n) is 21.0. The second kappa shape index (κ2) is 8.87. The van der Waals surface area contributed by atoms with E-state index < -0.39 is 7.53 Å². The number of rotatable bonds is 4. The average molecular weight is 519 g/mol. The smallest absolute Gasteiger partial charge is 0.129 e. The van der Waals surface area contributed by atoms with Crippen molar-refractivity contribution in [2.75, 3.05) is 0 Å². The molecule has 1 atom stereocenters. The van der Waals surface area contributed by atoms with Crippen LogP contribution in [0.1, 0.15) is 0 Å². The van der Waals surface area contributed by atoms with Crippen LogP contribution in [-0.4, -0.2) is 9.55 Å². The molecule has 1 unspecified atom stereocenters. The molecule has 0 saturated heterocycles. The maximum Gasteiger partial charge on any atom is 0.129 e. The molecule has 0 radical (unpaired) electrons. The molecule has 0 bridgehead atoms. The Labute approximate surface area is 226 Å². The van der Waals surface area contributed by atoms with Crippen molar-refractivity contribution in [3.8, 4) is 22.6 Å². The Morgan fingerprint density at radius 3 is 2.03 bits per heavy atom. The van der Waals surface area contributed by atoms with E-state index >= 15 is 0 Å². The highest BCUT2D eigenvalue weighted by molar-refractivity contribution is 7.67. The summed E-state index contributed by atoms with van der Waals surface area (Å²) in [5, 5.41) is 7.66. The molecule has 0 fully saturated rings. The molecule has 8 rings (SSSR count). The van der Waals surface area contributed by atoms with Crippen LogP contribution in [0.25, 0.3) is 53.9 Å². The summed E-state index contributed by atoms with van der Waals surface area (Å²) in [5.41, 5.74) is 4.57. The van der Waals surface area contributed by atoms with Crippen LogP contribution >= 0.6 is 7.53 Å². The van der Waals surface area contributed by atoms with Crippen LogP contribution < -0.4 is 4.74 Å². The molecule has 0 aliphatic rings. The summed E-state index contributed by atoms with van der Waals surface area (Å²) in [7, 11) is -0.736. The summed E-state index contributed by atoms with van der Waals surface area (Å²) in [4.78, 5) is 4.75. The molecule has 0 amide bonds. The lowest BCUT2D eigenvalue weighted by Crippen LogP contribution is -1.93. The van der Waals surface area contributed by atoms with Crippen LogP contribution in [0.3, 0.4) is 0 Å². The summed E-state index contributed by atoms with van der Waals surface area (Å²) in [6.07, 6.45) is 1.89. The molecule has 3 heterocycles. The number of ether oxygens (including phenoxy) is 1. The third-order valence-corrected chi connectivity index (χ3v) is 9.87. The maximum atomic E-state index is 6.56. The molecule has 3 nitrogen and oxygen atoms in total. The minimum absolute atomic E-state index is 0.736. The molecule has 3 aromatic heterocycles. The van der Waals surface area contributed by atoms with Crippen molar-refractivity contribution in [2.24, 2.45) is 0 Å². The van der Waals surface area contributed by atoms with E-state index in [1.54, 1.807) is 0 Å². The van der Waals surface area contributed by atoms with Gasteiger partial charge in [0.05, 0.1) is 16.5 Å². The number of para-hydroxylation sites is 2. The van der Waals surface area contributed by atoms with E-state index in [1.807, 2.05) is 12.3 Å². The SMILES string of the molecule is c1ccc(-n2c3ccccc3c3ccc(Oc4ccc5c6ccccc6p(-c6ccccn6)c5c4)cc32)cc1. The van der Waals surface area contributed by atoms with Gasteiger partial charge < -0.3 is 9.30 Å². The van der Waals surface area contributed by atoms with Gasteiger partial charge in [0, 0.05) is 39.0 Å². The van der Waals surface area contributed by atoms with Crippen molar-refractivity contribution in [1.82, 2.24) is 9.55 Å². The van der Waals surface area contributed by atoms with E-state index in [1.165, 1.54) is 37.3 Å². The predicted molar refractivity (Wildman–Crippen MR) is 164 cm³/mol. The lowest BCUT2D eigenvalue weighted by atomic mass is 10.1. The molecule has 0 saturated carbocycles. The van der Waals surface area contributed by atoms with Crippen molar-refractivity contribution in [3.63, 3.8) is 0 Å². The lowest BCUT2D eigenvalue weighted by Gasteiger charge is -2.10. The Kier molecular flexibility index (Phi) is 5.04. The van der Waals surface area contributed by atoms with Crippen LogP contribution in [0.15, 0.2) is 140 Å². The maximum absolute atomic E-state index is 6.56. The first-order chi connectivity index (χ1) is 19.3. The molecular formula is C35H23N2OP. The molecule has 5 aromatic carbocycles. The summed E-state index contributed by atoms with van der Waals surface area (Å²) in [6.45, 7) is 0. The first kappa shape index (κ1) is 22.2. The fourth-order valence-electron chi connectivity index (χ4n) is 5.75. The highest BCUT2D eigenvalue weighted by Gasteiger charge is 2.16. The third kappa shape index (κ3) is 3.55. The average Bonchev–Trinajstić information content (AvgIpc) is 3.50. The van der Waals surface area contributed by atoms with E-state index in [4.69, 9.17) is 9.72 Å². The van der Waals surface area contributed by atoms with Gasteiger partial charge in [0.2, 0.25) is 0 Å². The topological polar surface area (TPSA) is 27.1 Å². The minimum Gasteiger partial charge on any atom is -0.457 e. The first-order valence-electron chi connectivity index (χ1n) is 13.1. The van der Waals surface area contributed by atoms with Crippen LogP contribution in [0.4, 0.5) is 0 Å². The van der Waals surface area contributed by atoms with Gasteiger partial charge >= 0.3 is 0 Å². The summed E-state index contributed by atoms with van der Waals surface area (Å²) >= 11 is 0. The number of pyridine rings is 1. The van der Waals surface area contributed by atoms with Crippen molar-refractivity contribution in [3.05, 3.63) is 140 Å². The van der Waals surface area contributed by atoms with Crippen molar-refractivity contribution in [1.29, 1.82) is 0 Å². The highest BCUT2D eigenvalue weighted by atomic mass is 31.1. The highest BCUT2D eigenvalue weighted by Crippen LogP contribution is 2.55. The fourth-order valence-corrected chi connectivity index (χ4v) is 8.29. The van der Waals surface area contributed by atoms with E-state index in [2.05, 4.69) is 132 Å². The third-order valence-electron chi connectivity index (χ3n) is 7.42. The van der Waals surface area contributed by atoms with Gasteiger partial charge in [-0.25, -0.2) is 0 Å². The van der Waals surface area contributed by atoms with E-state index in [0.717, 1.165) is 28.1 Å². The zero-order chi connectivity index (χ0) is 25.8. The van der Waals surface area contributed by atoms with Crippen LogP contribution in [-0.2, 0) is 0 Å². The van der Waals surface area contributed by atoms with Crippen molar-refractivity contribution >= 4 is 50.3 Å². The van der Waals surface area contributed by atoms with Gasteiger partial charge in [0.25, 0.3) is 0 Å². The number of hydrogen-bond acceptors (Lipinski definition) is 2. The second-order valence-electron chi connectivity index (χ2n) is 9.69.